The molecule has 0 unspecified atom stereocenters. The van der Waals surface area contributed by atoms with E-state index in [-0.39, 0.29) is 35.9 Å². The summed E-state index contributed by atoms with van der Waals surface area (Å²) in [6.45, 7) is -0.345. The molecule has 4 rings (SSSR count). The minimum Gasteiger partial charge on any atom is -0.377 e. The van der Waals surface area contributed by atoms with Crippen LogP contribution < -0.4 is 0 Å². The van der Waals surface area contributed by atoms with Crippen LogP contribution in [0.15, 0.2) is 11.6 Å². The highest BCUT2D eigenvalue weighted by molar-refractivity contribution is 5.91. The van der Waals surface area contributed by atoms with Gasteiger partial charge in [-0.1, -0.05) is 25.3 Å². The molecule has 4 aliphatic carbocycles. The number of hydrogen-bond acceptors (Lipinski definition) is 2. The van der Waals surface area contributed by atoms with Gasteiger partial charge in [0.15, 0.2) is 5.78 Å². The minimum absolute atomic E-state index is 0.0774. The van der Waals surface area contributed by atoms with Crippen molar-refractivity contribution in [3.05, 3.63) is 11.6 Å². The highest BCUT2D eigenvalue weighted by Gasteiger charge is 2.62. The van der Waals surface area contributed by atoms with Crippen LogP contribution in [0.5, 0.6) is 0 Å². The fourth-order valence-electron chi connectivity index (χ4n) is 6.06. The topological polar surface area (TPSA) is 37.3 Å². The second kappa shape index (κ2) is 4.96. The average Bonchev–Trinajstić information content (AvgIpc) is 2.76. The first-order valence-corrected chi connectivity index (χ1v) is 8.79. The van der Waals surface area contributed by atoms with Gasteiger partial charge in [0.2, 0.25) is 0 Å². The van der Waals surface area contributed by atoms with Gasteiger partial charge in [-0.15, -0.1) is 6.42 Å². The fourth-order valence-corrected chi connectivity index (χ4v) is 6.06. The molecule has 124 valence electrons. The third kappa shape index (κ3) is 1.96. The highest BCUT2D eigenvalue weighted by Crippen LogP contribution is 2.65. The quantitative estimate of drug-likeness (QED) is 0.691. The van der Waals surface area contributed by atoms with E-state index in [0.29, 0.717) is 25.7 Å². The van der Waals surface area contributed by atoms with E-state index in [2.05, 4.69) is 5.92 Å². The van der Waals surface area contributed by atoms with E-state index < -0.39 is 30.2 Å². The summed E-state index contributed by atoms with van der Waals surface area (Å²) >= 11 is 0. The van der Waals surface area contributed by atoms with E-state index in [4.69, 9.17) is 13.3 Å². The maximum absolute atomic E-state index is 12.0. The molecule has 3 saturated carbocycles. The van der Waals surface area contributed by atoms with Gasteiger partial charge in [-0.05, 0) is 74.1 Å². The van der Waals surface area contributed by atoms with Crippen LogP contribution >= 0.6 is 0 Å². The second-order valence-corrected chi connectivity index (χ2v) is 8.18. The molecule has 2 heteroatoms. The van der Waals surface area contributed by atoms with Crippen LogP contribution in [0.25, 0.3) is 0 Å². The summed E-state index contributed by atoms with van der Waals surface area (Å²) < 4.78 is 41.5. The van der Waals surface area contributed by atoms with Crippen molar-refractivity contribution < 1.29 is 16.8 Å². The molecule has 0 spiro atoms. The van der Waals surface area contributed by atoms with E-state index >= 15 is 0 Å². The fraction of sp³-hybridized carbons (Fsp3) is 0.762. The summed E-state index contributed by atoms with van der Waals surface area (Å²) in [4.78, 5) is 12.0. The maximum atomic E-state index is 12.0. The van der Waals surface area contributed by atoms with Crippen molar-refractivity contribution in [2.24, 2.45) is 35.0 Å². The summed E-state index contributed by atoms with van der Waals surface area (Å²) in [6, 6.07) is 0. The number of ketones is 1. The Morgan fingerprint density at radius 2 is 2.30 bits per heavy atom. The first kappa shape index (κ1) is 10.7. The van der Waals surface area contributed by atoms with Crippen molar-refractivity contribution in [1.82, 2.24) is 0 Å². The lowest BCUT2D eigenvalue weighted by Gasteiger charge is -2.56. The summed E-state index contributed by atoms with van der Waals surface area (Å²) in [5.74, 6) is 1.60. The molecule has 2 nitrogen and oxygen atoms in total. The smallest absolute Gasteiger partial charge is 0.155 e. The lowest BCUT2D eigenvalue weighted by Crippen LogP contribution is -2.53. The number of carbonyl (C=O) groups excluding carboxylic acids is 1. The van der Waals surface area contributed by atoms with Crippen molar-refractivity contribution in [3.8, 4) is 12.3 Å². The molecule has 0 aromatic carbocycles. The van der Waals surface area contributed by atoms with E-state index in [1.165, 1.54) is 0 Å². The van der Waals surface area contributed by atoms with Crippen LogP contribution in [0.4, 0.5) is 0 Å². The lowest BCUT2D eigenvalue weighted by atomic mass is 9.48. The first-order valence-electron chi connectivity index (χ1n) is 11.3. The SMILES string of the molecule is [2H]C([2H])([2H])[C@@H]1CC2=CC(=O)CC[C@@H]2[C@H]2CC[C@@]3(C)[C@@H](CC([2H])([2H])[C@@]3(O)C#C)[C@@H]21. The largest absolute Gasteiger partial charge is 0.377 e. The summed E-state index contributed by atoms with van der Waals surface area (Å²) in [6.07, 6.45) is 8.33. The third-order valence-corrected chi connectivity index (χ3v) is 7.35. The van der Waals surface area contributed by atoms with Gasteiger partial charge >= 0.3 is 0 Å². The number of aliphatic hydroxyl groups is 1. The molecule has 0 radical (unpaired) electrons. The molecule has 23 heavy (non-hydrogen) atoms. The number of allylic oxidation sites excluding steroid dienone is 1. The molecule has 4 aliphatic rings. The molecular formula is C21H28O2. The lowest BCUT2D eigenvalue weighted by molar-refractivity contribution is -0.117. The summed E-state index contributed by atoms with van der Waals surface area (Å²) in [7, 11) is 0. The van der Waals surface area contributed by atoms with Gasteiger partial charge in [-0.2, -0.15) is 0 Å². The number of terminal acetylenes is 1. The Bertz CT molecular complexity index is 779. The zero-order valence-electron chi connectivity index (χ0n) is 18.6. The van der Waals surface area contributed by atoms with Gasteiger partial charge in [-0.3, -0.25) is 4.79 Å². The van der Waals surface area contributed by atoms with Gasteiger partial charge in [0.1, 0.15) is 5.60 Å². The molecule has 0 amide bonds. The standard InChI is InChI=1S/C21H28O2/c1-4-21(23)10-8-18-19-13(2)11-14-12-15(22)5-6-16(14)17(19)7-9-20(18,21)3/h1,12-13,16-19,23H,5-11H2,2-3H3/t13-,16+,17-,18+,19-,20+,21+/m1/s1/i2D3,10D2. The van der Waals surface area contributed by atoms with Gasteiger partial charge in [0, 0.05) is 18.7 Å². The predicted molar refractivity (Wildman–Crippen MR) is 90.4 cm³/mol. The van der Waals surface area contributed by atoms with Crippen molar-refractivity contribution in [1.29, 1.82) is 0 Å². The normalized spacial score (nSPS) is 58.0. The summed E-state index contributed by atoms with van der Waals surface area (Å²) in [5.41, 5.74) is -1.77. The van der Waals surface area contributed by atoms with Crippen molar-refractivity contribution in [2.45, 2.75) is 64.3 Å². The number of hydrogen-bond donors (Lipinski definition) is 1. The molecule has 3 fully saturated rings. The van der Waals surface area contributed by atoms with Gasteiger partial charge in [0.05, 0.1) is 0 Å². The molecular weight excluding hydrogens is 284 g/mol. The zero-order chi connectivity index (χ0) is 20.7. The van der Waals surface area contributed by atoms with Crippen molar-refractivity contribution >= 4 is 5.78 Å². The Balaban J connectivity index is 1.83. The monoisotopic (exact) mass is 317 g/mol. The third-order valence-electron chi connectivity index (χ3n) is 7.35. The molecule has 0 saturated heterocycles. The Kier molecular flexibility index (Phi) is 2.31. The van der Waals surface area contributed by atoms with E-state index in [1.54, 1.807) is 6.08 Å². The van der Waals surface area contributed by atoms with E-state index in [9.17, 15) is 9.90 Å². The van der Waals surface area contributed by atoms with Crippen LogP contribution in [0.2, 0.25) is 0 Å². The molecule has 0 aromatic rings. The Morgan fingerprint density at radius 1 is 1.48 bits per heavy atom. The van der Waals surface area contributed by atoms with Crippen LogP contribution in [0, 0.1) is 47.3 Å². The van der Waals surface area contributed by atoms with Gasteiger partial charge < -0.3 is 5.11 Å². The zero-order valence-corrected chi connectivity index (χ0v) is 13.6. The molecule has 0 aromatic heterocycles. The van der Waals surface area contributed by atoms with E-state index in [1.807, 2.05) is 6.92 Å². The molecule has 0 bridgehead atoms. The second-order valence-electron chi connectivity index (χ2n) is 8.18. The Hall–Kier alpha value is -1.07. The molecule has 7 atom stereocenters. The predicted octanol–water partition coefficient (Wildman–Crippen LogP) is 3.74. The first-order chi connectivity index (χ1) is 12.9. The van der Waals surface area contributed by atoms with Crippen LogP contribution in [0.3, 0.4) is 0 Å². The summed E-state index contributed by atoms with van der Waals surface area (Å²) in [5, 5.41) is 11.2. The van der Waals surface area contributed by atoms with Crippen LogP contribution in [0.1, 0.15) is 65.5 Å². The maximum Gasteiger partial charge on any atom is 0.155 e. The Labute approximate surface area is 146 Å². The molecule has 1 N–H and O–H groups in total. The number of rotatable bonds is 0. The number of fused-ring (bicyclic) bond motifs is 5. The van der Waals surface area contributed by atoms with Crippen LogP contribution in [-0.4, -0.2) is 16.5 Å². The minimum atomic E-state index is -2.20. The van der Waals surface area contributed by atoms with Crippen LogP contribution in [-0.2, 0) is 4.79 Å². The van der Waals surface area contributed by atoms with Crippen molar-refractivity contribution in [2.75, 3.05) is 0 Å². The number of carbonyl (C=O) groups is 1. The van der Waals surface area contributed by atoms with E-state index in [0.717, 1.165) is 12.0 Å². The highest BCUT2D eigenvalue weighted by atomic mass is 16.3. The van der Waals surface area contributed by atoms with Gasteiger partial charge in [-0.25, -0.2) is 0 Å². The molecule has 0 aliphatic heterocycles. The molecule has 0 heterocycles. The Morgan fingerprint density at radius 3 is 3.04 bits per heavy atom. The average molecular weight is 317 g/mol. The van der Waals surface area contributed by atoms with Crippen molar-refractivity contribution in [3.63, 3.8) is 0 Å². The van der Waals surface area contributed by atoms with Gasteiger partial charge in [0.25, 0.3) is 0 Å².